The quantitative estimate of drug-likeness (QED) is 0.764. The Hall–Kier alpha value is -1.55. The van der Waals surface area contributed by atoms with Crippen LogP contribution in [0, 0.1) is 5.92 Å². The molecule has 1 aromatic carbocycles. The maximum absolute atomic E-state index is 11.7. The molecule has 2 rings (SSSR count). The molecule has 1 aliphatic carbocycles. The Bertz CT molecular complexity index is 461. The van der Waals surface area contributed by atoms with Crippen molar-refractivity contribution in [1.82, 2.24) is 0 Å². The summed E-state index contributed by atoms with van der Waals surface area (Å²) in [6, 6.07) is 7.50. The van der Waals surface area contributed by atoms with Crippen molar-refractivity contribution in [1.29, 1.82) is 0 Å². The zero-order valence-corrected chi connectivity index (χ0v) is 11.7. The van der Waals surface area contributed by atoms with E-state index in [-0.39, 0.29) is 17.9 Å². The topological polar surface area (TPSA) is 61.4 Å². The normalized spacial score (nSPS) is 16.8. The van der Waals surface area contributed by atoms with Gasteiger partial charge >= 0.3 is 0 Å². The van der Waals surface area contributed by atoms with Crippen LogP contribution in [0.25, 0.3) is 0 Å². The van der Waals surface area contributed by atoms with Crippen molar-refractivity contribution in [2.24, 2.45) is 5.92 Å². The fourth-order valence-corrected chi connectivity index (χ4v) is 1.70. The van der Waals surface area contributed by atoms with Crippen LogP contribution in [0.3, 0.4) is 0 Å². The van der Waals surface area contributed by atoms with E-state index in [2.05, 4.69) is 10.6 Å². The van der Waals surface area contributed by atoms with Crippen LogP contribution in [0.1, 0.15) is 33.6 Å². The molecule has 1 amide bonds. The van der Waals surface area contributed by atoms with E-state index in [1.807, 2.05) is 31.2 Å². The molecule has 1 unspecified atom stereocenters. The average Bonchev–Trinajstić information content (AvgIpc) is 3.11. The van der Waals surface area contributed by atoms with Crippen molar-refractivity contribution in [3.8, 4) is 0 Å². The van der Waals surface area contributed by atoms with Gasteiger partial charge in [-0.05, 0) is 51.8 Å². The first-order chi connectivity index (χ1) is 8.86. The molecule has 1 aromatic rings. The summed E-state index contributed by atoms with van der Waals surface area (Å²) in [6.07, 6.45) is 2.00. The summed E-state index contributed by atoms with van der Waals surface area (Å²) < 4.78 is 0. The lowest BCUT2D eigenvalue weighted by Gasteiger charge is -2.27. The van der Waals surface area contributed by atoms with Gasteiger partial charge in [0, 0.05) is 17.3 Å². The molecule has 0 saturated heterocycles. The van der Waals surface area contributed by atoms with E-state index in [1.165, 1.54) is 0 Å². The molecule has 0 aliphatic heterocycles. The first-order valence-electron chi connectivity index (χ1n) is 6.76. The van der Waals surface area contributed by atoms with Gasteiger partial charge in [0.2, 0.25) is 5.91 Å². The molecule has 104 valence electrons. The van der Waals surface area contributed by atoms with Crippen molar-refractivity contribution in [2.45, 2.75) is 45.3 Å². The maximum Gasteiger partial charge on any atom is 0.227 e. The summed E-state index contributed by atoms with van der Waals surface area (Å²) in [4.78, 5) is 11.7. The first kappa shape index (κ1) is 13.9. The third-order valence-corrected chi connectivity index (χ3v) is 3.52. The van der Waals surface area contributed by atoms with Crippen LogP contribution >= 0.6 is 0 Å². The number of carbonyl (C=O) groups is 1. The van der Waals surface area contributed by atoms with Gasteiger partial charge in [-0.3, -0.25) is 4.79 Å². The van der Waals surface area contributed by atoms with Gasteiger partial charge < -0.3 is 15.7 Å². The highest BCUT2D eigenvalue weighted by Gasteiger charge is 2.29. The van der Waals surface area contributed by atoms with Crippen molar-refractivity contribution in [3.63, 3.8) is 0 Å². The Balaban J connectivity index is 2.00. The van der Waals surface area contributed by atoms with E-state index < -0.39 is 5.60 Å². The zero-order chi connectivity index (χ0) is 14.0. The summed E-state index contributed by atoms with van der Waals surface area (Å²) in [6.45, 7) is 5.46. The average molecular weight is 262 g/mol. The van der Waals surface area contributed by atoms with Crippen LogP contribution < -0.4 is 10.6 Å². The van der Waals surface area contributed by atoms with Crippen molar-refractivity contribution in [2.75, 3.05) is 10.6 Å². The van der Waals surface area contributed by atoms with E-state index >= 15 is 0 Å². The Morgan fingerprint density at radius 2 is 2.00 bits per heavy atom. The highest BCUT2D eigenvalue weighted by Crippen LogP contribution is 2.30. The SMILES string of the molecule is CC(Nc1cccc(NC(=O)C2CC2)c1)C(C)(C)O. The monoisotopic (exact) mass is 262 g/mol. The molecule has 1 fully saturated rings. The van der Waals surface area contributed by atoms with Crippen molar-refractivity contribution < 1.29 is 9.90 Å². The van der Waals surface area contributed by atoms with Crippen molar-refractivity contribution in [3.05, 3.63) is 24.3 Å². The van der Waals surface area contributed by atoms with Gasteiger partial charge in [-0.25, -0.2) is 0 Å². The van der Waals surface area contributed by atoms with Crippen LogP contribution in [0.15, 0.2) is 24.3 Å². The Morgan fingerprint density at radius 1 is 1.37 bits per heavy atom. The van der Waals surface area contributed by atoms with Crippen LogP contribution in [-0.4, -0.2) is 22.7 Å². The van der Waals surface area contributed by atoms with Crippen molar-refractivity contribution >= 4 is 17.3 Å². The minimum Gasteiger partial charge on any atom is -0.388 e. The molecule has 4 nitrogen and oxygen atoms in total. The fraction of sp³-hybridized carbons (Fsp3) is 0.533. The summed E-state index contributed by atoms with van der Waals surface area (Å²) in [5.74, 6) is 0.305. The molecule has 0 aromatic heterocycles. The van der Waals surface area contributed by atoms with Crippen LogP contribution in [-0.2, 0) is 4.79 Å². The summed E-state index contributed by atoms with van der Waals surface area (Å²) in [5, 5.41) is 16.1. The van der Waals surface area contributed by atoms with Crippen LogP contribution in [0.2, 0.25) is 0 Å². The minimum atomic E-state index is -0.798. The third-order valence-electron chi connectivity index (χ3n) is 3.52. The molecule has 0 radical (unpaired) electrons. The largest absolute Gasteiger partial charge is 0.388 e. The van der Waals surface area contributed by atoms with Gasteiger partial charge in [0.05, 0.1) is 11.6 Å². The van der Waals surface area contributed by atoms with Gasteiger partial charge in [0.1, 0.15) is 0 Å². The molecule has 19 heavy (non-hydrogen) atoms. The van der Waals surface area contributed by atoms with E-state index in [0.29, 0.717) is 0 Å². The molecule has 0 bridgehead atoms. The highest BCUT2D eigenvalue weighted by molar-refractivity contribution is 5.94. The number of amides is 1. The Labute approximate surface area is 114 Å². The van der Waals surface area contributed by atoms with Gasteiger partial charge in [0.15, 0.2) is 0 Å². The van der Waals surface area contributed by atoms with Gasteiger partial charge in [-0.2, -0.15) is 0 Å². The summed E-state index contributed by atoms with van der Waals surface area (Å²) in [7, 11) is 0. The maximum atomic E-state index is 11.7. The fourth-order valence-electron chi connectivity index (χ4n) is 1.70. The second kappa shape index (κ2) is 5.21. The van der Waals surface area contributed by atoms with Gasteiger partial charge in [-0.15, -0.1) is 0 Å². The number of carbonyl (C=O) groups excluding carboxylic acids is 1. The molecule has 1 aliphatic rings. The standard InChI is InChI=1S/C15H22N2O2/c1-10(15(2,3)19)16-12-5-4-6-13(9-12)17-14(18)11-7-8-11/h4-6,9-11,16,19H,7-8H2,1-3H3,(H,17,18). The number of benzene rings is 1. The molecule has 3 N–H and O–H groups in total. The Morgan fingerprint density at radius 3 is 2.58 bits per heavy atom. The first-order valence-corrected chi connectivity index (χ1v) is 6.76. The predicted octanol–water partition coefficient (Wildman–Crippen LogP) is 2.61. The number of anilines is 2. The predicted molar refractivity (Wildman–Crippen MR) is 77.2 cm³/mol. The lowest BCUT2D eigenvalue weighted by Crippen LogP contribution is -2.39. The van der Waals surface area contributed by atoms with E-state index in [9.17, 15) is 9.90 Å². The highest BCUT2D eigenvalue weighted by atomic mass is 16.3. The number of nitrogens with one attached hydrogen (secondary N) is 2. The number of rotatable bonds is 5. The molecular formula is C15H22N2O2. The smallest absolute Gasteiger partial charge is 0.227 e. The number of hydrogen-bond acceptors (Lipinski definition) is 3. The Kier molecular flexibility index (Phi) is 3.80. The number of hydrogen-bond donors (Lipinski definition) is 3. The van der Waals surface area contributed by atoms with Crippen LogP contribution in [0.5, 0.6) is 0 Å². The van der Waals surface area contributed by atoms with Gasteiger partial charge in [-0.1, -0.05) is 6.07 Å². The molecule has 4 heteroatoms. The molecule has 0 spiro atoms. The summed E-state index contributed by atoms with van der Waals surface area (Å²) >= 11 is 0. The third kappa shape index (κ3) is 3.96. The van der Waals surface area contributed by atoms with Crippen LogP contribution in [0.4, 0.5) is 11.4 Å². The van der Waals surface area contributed by atoms with E-state index in [4.69, 9.17) is 0 Å². The lowest BCUT2D eigenvalue weighted by molar-refractivity contribution is -0.117. The molecule has 1 atom stereocenters. The minimum absolute atomic E-state index is 0.0816. The van der Waals surface area contributed by atoms with E-state index in [0.717, 1.165) is 24.2 Å². The van der Waals surface area contributed by atoms with E-state index in [1.54, 1.807) is 13.8 Å². The zero-order valence-electron chi connectivity index (χ0n) is 11.7. The molecular weight excluding hydrogens is 240 g/mol. The second-order valence-corrected chi connectivity index (χ2v) is 5.86. The number of aliphatic hydroxyl groups is 1. The lowest BCUT2D eigenvalue weighted by atomic mass is 10.0. The molecule has 0 heterocycles. The molecule has 1 saturated carbocycles. The summed E-state index contributed by atoms with van der Waals surface area (Å²) in [5.41, 5.74) is 0.890. The van der Waals surface area contributed by atoms with Gasteiger partial charge in [0.25, 0.3) is 0 Å². The second-order valence-electron chi connectivity index (χ2n) is 5.86.